The van der Waals surface area contributed by atoms with Crippen molar-refractivity contribution >= 4 is 17.5 Å². The van der Waals surface area contributed by atoms with E-state index in [9.17, 15) is 14.9 Å². The van der Waals surface area contributed by atoms with Crippen LogP contribution in [0, 0.1) is 10.1 Å². The second kappa shape index (κ2) is 3.88. The highest BCUT2D eigenvalue weighted by Crippen LogP contribution is 2.27. The van der Waals surface area contributed by atoms with Crippen molar-refractivity contribution in [1.29, 1.82) is 0 Å². The second-order valence-corrected chi connectivity index (χ2v) is 3.68. The third-order valence-corrected chi connectivity index (χ3v) is 2.59. The SMILES string of the molecule is CC(=O)N1CCCc2ccc([N+](=O)[O-])nc21. The minimum absolute atomic E-state index is 0.131. The van der Waals surface area contributed by atoms with Crippen molar-refractivity contribution < 1.29 is 9.72 Å². The molecular weight excluding hydrogens is 210 g/mol. The van der Waals surface area contributed by atoms with Gasteiger partial charge in [0.25, 0.3) is 5.82 Å². The van der Waals surface area contributed by atoms with Crippen LogP contribution in [0.4, 0.5) is 11.6 Å². The van der Waals surface area contributed by atoms with Crippen molar-refractivity contribution in [2.24, 2.45) is 0 Å². The van der Waals surface area contributed by atoms with Crippen LogP contribution in [-0.2, 0) is 11.2 Å². The molecule has 6 nitrogen and oxygen atoms in total. The highest BCUT2D eigenvalue weighted by Gasteiger charge is 2.27. The average Bonchev–Trinajstić information content (AvgIpc) is 2.27. The van der Waals surface area contributed by atoms with Crippen molar-refractivity contribution in [1.82, 2.24) is 4.98 Å². The van der Waals surface area contributed by atoms with Crippen molar-refractivity contribution in [2.45, 2.75) is 19.8 Å². The standard InChI is InChI=1S/C10H11N3O3/c1-7(14)12-6-2-3-8-4-5-9(13(15)16)11-10(8)12/h4-5H,2-3,6H2,1H3. The topological polar surface area (TPSA) is 76.3 Å². The van der Waals surface area contributed by atoms with E-state index < -0.39 is 4.92 Å². The van der Waals surface area contributed by atoms with Crippen LogP contribution in [0.15, 0.2) is 12.1 Å². The van der Waals surface area contributed by atoms with E-state index in [2.05, 4.69) is 4.98 Å². The number of nitro groups is 1. The number of anilines is 1. The predicted molar refractivity (Wildman–Crippen MR) is 57.2 cm³/mol. The highest BCUT2D eigenvalue weighted by molar-refractivity contribution is 5.91. The molecule has 1 aromatic rings. The van der Waals surface area contributed by atoms with Gasteiger partial charge in [-0.05, 0) is 28.8 Å². The maximum Gasteiger partial charge on any atom is 0.365 e. The molecule has 0 aliphatic carbocycles. The van der Waals surface area contributed by atoms with Gasteiger partial charge in [-0.1, -0.05) is 0 Å². The molecule has 0 N–H and O–H groups in total. The fourth-order valence-corrected chi connectivity index (χ4v) is 1.84. The average molecular weight is 221 g/mol. The molecule has 0 unspecified atom stereocenters. The van der Waals surface area contributed by atoms with Gasteiger partial charge >= 0.3 is 5.82 Å². The first-order valence-corrected chi connectivity index (χ1v) is 5.02. The molecule has 0 aromatic carbocycles. The van der Waals surface area contributed by atoms with E-state index in [0.717, 1.165) is 18.4 Å². The Kier molecular flexibility index (Phi) is 2.55. The number of fused-ring (bicyclic) bond motifs is 1. The smallest absolute Gasteiger partial charge is 0.358 e. The molecule has 0 saturated carbocycles. The summed E-state index contributed by atoms with van der Waals surface area (Å²) in [5.74, 6) is 0.0915. The normalized spacial score (nSPS) is 14.4. The van der Waals surface area contributed by atoms with Crippen LogP contribution in [0.3, 0.4) is 0 Å². The van der Waals surface area contributed by atoms with Crippen LogP contribution in [0.25, 0.3) is 0 Å². The van der Waals surface area contributed by atoms with Crippen LogP contribution in [0.1, 0.15) is 18.9 Å². The first-order valence-electron chi connectivity index (χ1n) is 5.02. The summed E-state index contributed by atoms with van der Waals surface area (Å²) in [5.41, 5.74) is 0.895. The lowest BCUT2D eigenvalue weighted by Gasteiger charge is -2.23. The number of nitrogens with zero attached hydrogens (tertiary/aromatic N) is 3. The summed E-state index contributed by atoms with van der Waals surface area (Å²) in [5, 5.41) is 10.6. The van der Waals surface area contributed by atoms with E-state index in [0.29, 0.717) is 12.4 Å². The van der Waals surface area contributed by atoms with Crippen molar-refractivity contribution in [3.63, 3.8) is 0 Å². The second-order valence-electron chi connectivity index (χ2n) is 3.68. The number of hydrogen-bond acceptors (Lipinski definition) is 4. The summed E-state index contributed by atoms with van der Waals surface area (Å²) in [6.07, 6.45) is 1.68. The number of rotatable bonds is 1. The summed E-state index contributed by atoms with van der Waals surface area (Å²) in [6, 6.07) is 3.05. The van der Waals surface area contributed by atoms with Gasteiger partial charge in [0, 0.05) is 25.1 Å². The van der Waals surface area contributed by atoms with Crippen molar-refractivity contribution in [2.75, 3.05) is 11.4 Å². The predicted octanol–water partition coefficient (Wildman–Crippen LogP) is 1.29. The zero-order valence-electron chi connectivity index (χ0n) is 8.84. The van der Waals surface area contributed by atoms with E-state index in [-0.39, 0.29) is 11.7 Å². The fourth-order valence-electron chi connectivity index (χ4n) is 1.84. The Morgan fingerprint density at radius 2 is 2.31 bits per heavy atom. The largest absolute Gasteiger partial charge is 0.365 e. The van der Waals surface area contributed by atoms with Gasteiger partial charge in [0.05, 0.1) is 0 Å². The van der Waals surface area contributed by atoms with E-state index in [1.54, 1.807) is 6.07 Å². The minimum Gasteiger partial charge on any atom is -0.358 e. The zero-order chi connectivity index (χ0) is 11.7. The van der Waals surface area contributed by atoms with Crippen molar-refractivity contribution in [3.05, 3.63) is 27.8 Å². The first kappa shape index (κ1) is 10.5. The third kappa shape index (κ3) is 1.73. The van der Waals surface area contributed by atoms with Crippen LogP contribution in [-0.4, -0.2) is 22.4 Å². The van der Waals surface area contributed by atoms with E-state index >= 15 is 0 Å². The molecule has 84 valence electrons. The number of pyridine rings is 1. The molecule has 0 bridgehead atoms. The maximum absolute atomic E-state index is 11.4. The Hall–Kier alpha value is -1.98. The molecule has 0 atom stereocenters. The number of carbonyl (C=O) groups excluding carboxylic acids is 1. The monoisotopic (exact) mass is 221 g/mol. The summed E-state index contributed by atoms with van der Waals surface area (Å²) in [4.78, 5) is 26.8. The highest BCUT2D eigenvalue weighted by atomic mass is 16.6. The van der Waals surface area contributed by atoms with E-state index in [1.807, 2.05) is 0 Å². The van der Waals surface area contributed by atoms with Gasteiger partial charge in [0.2, 0.25) is 5.91 Å². The Balaban J connectivity index is 2.48. The molecule has 6 heteroatoms. The number of aromatic nitrogens is 1. The van der Waals surface area contributed by atoms with Crippen LogP contribution >= 0.6 is 0 Å². The van der Waals surface area contributed by atoms with Gasteiger partial charge in [-0.25, -0.2) is 0 Å². The number of amides is 1. The Labute approximate surface area is 92.0 Å². The molecule has 1 aliphatic rings. The lowest BCUT2D eigenvalue weighted by molar-refractivity contribution is -0.389. The maximum atomic E-state index is 11.4. The van der Waals surface area contributed by atoms with E-state index in [4.69, 9.17) is 0 Å². The zero-order valence-corrected chi connectivity index (χ0v) is 8.84. The molecule has 0 fully saturated rings. The number of aryl methyl sites for hydroxylation is 1. The van der Waals surface area contributed by atoms with Crippen LogP contribution < -0.4 is 4.90 Å². The van der Waals surface area contributed by atoms with Crippen LogP contribution in [0.2, 0.25) is 0 Å². The first-order chi connectivity index (χ1) is 7.59. The molecule has 0 saturated heterocycles. The van der Waals surface area contributed by atoms with Crippen LogP contribution in [0.5, 0.6) is 0 Å². The molecule has 2 rings (SSSR count). The summed E-state index contributed by atoms with van der Waals surface area (Å²) in [7, 11) is 0. The fraction of sp³-hybridized carbons (Fsp3) is 0.400. The van der Waals surface area contributed by atoms with Gasteiger partial charge in [-0.2, -0.15) is 0 Å². The van der Waals surface area contributed by atoms with Gasteiger partial charge in [-0.15, -0.1) is 0 Å². The molecule has 0 radical (unpaired) electrons. The lowest BCUT2D eigenvalue weighted by Crippen LogP contribution is -2.34. The Bertz CT molecular complexity index is 459. The number of hydrogen-bond donors (Lipinski definition) is 0. The molecule has 1 amide bonds. The summed E-state index contributed by atoms with van der Waals surface area (Å²) >= 11 is 0. The molecule has 16 heavy (non-hydrogen) atoms. The number of carbonyl (C=O) groups is 1. The Morgan fingerprint density at radius 1 is 1.56 bits per heavy atom. The molecule has 2 heterocycles. The molecule has 1 aromatic heterocycles. The quantitative estimate of drug-likeness (QED) is 0.528. The minimum atomic E-state index is -0.548. The van der Waals surface area contributed by atoms with Gasteiger partial charge in [0.15, 0.2) is 0 Å². The van der Waals surface area contributed by atoms with E-state index in [1.165, 1.54) is 17.9 Å². The van der Waals surface area contributed by atoms with Gasteiger partial charge in [0.1, 0.15) is 0 Å². The Morgan fingerprint density at radius 3 is 2.94 bits per heavy atom. The van der Waals surface area contributed by atoms with Crippen molar-refractivity contribution in [3.8, 4) is 0 Å². The molecular formula is C10H11N3O3. The lowest BCUT2D eigenvalue weighted by atomic mass is 10.1. The summed E-state index contributed by atoms with van der Waals surface area (Å²) < 4.78 is 0. The molecule has 0 spiro atoms. The third-order valence-electron chi connectivity index (χ3n) is 2.59. The molecule has 1 aliphatic heterocycles. The van der Waals surface area contributed by atoms with Gasteiger partial charge in [-0.3, -0.25) is 9.69 Å². The van der Waals surface area contributed by atoms with Gasteiger partial charge < -0.3 is 10.1 Å². The summed E-state index contributed by atoms with van der Waals surface area (Å²) in [6.45, 7) is 2.02.